The molecule has 11 aromatic rings. The first-order valence-corrected chi connectivity index (χ1v) is 19.6. The van der Waals surface area contributed by atoms with Gasteiger partial charge in [-0.2, -0.15) is 0 Å². The lowest BCUT2D eigenvalue weighted by atomic mass is 9.98. The summed E-state index contributed by atoms with van der Waals surface area (Å²) in [6.45, 7) is 0. The largest absolute Gasteiger partial charge is 0.309 e. The molecule has 0 fully saturated rings. The van der Waals surface area contributed by atoms with Gasteiger partial charge in [0.25, 0.3) is 0 Å². The van der Waals surface area contributed by atoms with Crippen LogP contribution in [0.5, 0.6) is 0 Å². The van der Waals surface area contributed by atoms with E-state index in [0.29, 0.717) is 17.5 Å². The van der Waals surface area contributed by atoms with Crippen LogP contribution in [0.1, 0.15) is 0 Å². The van der Waals surface area contributed by atoms with Crippen LogP contribution in [0.3, 0.4) is 0 Å². The average molecular weight is 733 g/mol. The fraction of sp³-hybridized carbons (Fsp3) is 0. The summed E-state index contributed by atoms with van der Waals surface area (Å²) < 4.78 is 4.85. The van der Waals surface area contributed by atoms with E-state index < -0.39 is 0 Å². The highest BCUT2D eigenvalue weighted by Gasteiger charge is 2.18. The highest BCUT2D eigenvalue weighted by atomic mass is 32.1. The van der Waals surface area contributed by atoms with Gasteiger partial charge in [-0.3, -0.25) is 0 Å². The molecule has 3 heterocycles. The molecule has 8 aromatic carbocycles. The fourth-order valence-corrected chi connectivity index (χ4v) is 9.03. The maximum atomic E-state index is 5.24. The lowest BCUT2D eigenvalue weighted by molar-refractivity contribution is 1.07. The first kappa shape index (κ1) is 32.2. The Hall–Kier alpha value is -7.21. The number of thiophene rings is 1. The molecule has 3 aromatic heterocycles. The molecule has 56 heavy (non-hydrogen) atoms. The smallest absolute Gasteiger partial charge is 0.164 e. The van der Waals surface area contributed by atoms with Gasteiger partial charge in [0.15, 0.2) is 17.5 Å². The zero-order valence-electron chi connectivity index (χ0n) is 30.2. The number of hydrogen-bond acceptors (Lipinski definition) is 4. The second kappa shape index (κ2) is 13.3. The van der Waals surface area contributed by atoms with Crippen LogP contribution in [0.4, 0.5) is 0 Å². The van der Waals surface area contributed by atoms with Gasteiger partial charge in [-0.25, -0.2) is 15.0 Å². The predicted octanol–water partition coefficient (Wildman–Crippen LogP) is 13.7. The minimum atomic E-state index is 0.628. The Balaban J connectivity index is 1.10. The van der Waals surface area contributed by atoms with Crippen LogP contribution in [0, 0.1) is 0 Å². The van der Waals surface area contributed by atoms with E-state index in [9.17, 15) is 0 Å². The van der Waals surface area contributed by atoms with Gasteiger partial charge in [-0.05, 0) is 82.9 Å². The molecule has 4 nitrogen and oxygen atoms in total. The summed E-state index contributed by atoms with van der Waals surface area (Å²) in [6.07, 6.45) is 0. The minimum Gasteiger partial charge on any atom is -0.309 e. The van der Waals surface area contributed by atoms with Crippen molar-refractivity contribution in [1.82, 2.24) is 19.5 Å². The molecule has 262 valence electrons. The standard InChI is InChI=1S/C51H32N4S/c1-3-13-33(14-4-1)34-15-11-16-35(29-34)36-17-12-18-37(30-36)49-52-50(38-26-28-48-44(31-38)43-22-8-10-24-47(43)56-48)54-51(53-49)39-25-27-42-41-21-7-9-23-45(41)55(46(42)32-39)40-19-5-2-6-20-40/h1-32H. The Kier molecular flexibility index (Phi) is 7.64. The van der Waals surface area contributed by atoms with Gasteiger partial charge in [0, 0.05) is 53.3 Å². The fourth-order valence-electron chi connectivity index (χ4n) is 7.94. The molecule has 0 saturated heterocycles. The second-order valence-electron chi connectivity index (χ2n) is 14.1. The number of nitrogens with zero attached hydrogens (tertiary/aromatic N) is 4. The van der Waals surface area contributed by atoms with Crippen LogP contribution >= 0.6 is 11.3 Å². The molecule has 0 aliphatic rings. The van der Waals surface area contributed by atoms with E-state index in [1.54, 1.807) is 0 Å². The van der Waals surface area contributed by atoms with Crippen molar-refractivity contribution >= 4 is 53.3 Å². The van der Waals surface area contributed by atoms with Gasteiger partial charge < -0.3 is 4.57 Å². The van der Waals surface area contributed by atoms with Gasteiger partial charge in [-0.15, -0.1) is 11.3 Å². The predicted molar refractivity (Wildman–Crippen MR) is 234 cm³/mol. The molecule has 11 rings (SSSR count). The first-order valence-electron chi connectivity index (χ1n) is 18.8. The molecule has 0 N–H and O–H groups in total. The summed E-state index contributed by atoms with van der Waals surface area (Å²) in [4.78, 5) is 15.7. The quantitative estimate of drug-likeness (QED) is 0.171. The van der Waals surface area contributed by atoms with Crippen LogP contribution in [0.2, 0.25) is 0 Å². The molecule has 0 radical (unpaired) electrons. The lowest BCUT2D eigenvalue weighted by Gasteiger charge is -2.11. The van der Waals surface area contributed by atoms with Gasteiger partial charge in [0.1, 0.15) is 0 Å². The van der Waals surface area contributed by atoms with Crippen LogP contribution in [0.15, 0.2) is 194 Å². The van der Waals surface area contributed by atoms with Crippen LogP contribution in [0.25, 0.3) is 104 Å². The summed E-state index contributed by atoms with van der Waals surface area (Å²) in [5, 5.41) is 4.84. The van der Waals surface area contributed by atoms with Crippen molar-refractivity contribution in [2.45, 2.75) is 0 Å². The number of para-hydroxylation sites is 2. The molecule has 0 amide bonds. The molecule has 0 aliphatic heterocycles. The average Bonchev–Trinajstić information content (AvgIpc) is 3.82. The van der Waals surface area contributed by atoms with Gasteiger partial charge in [-0.1, -0.05) is 133 Å². The van der Waals surface area contributed by atoms with Crippen molar-refractivity contribution in [2.24, 2.45) is 0 Å². The number of benzene rings is 8. The minimum absolute atomic E-state index is 0.628. The third kappa shape index (κ3) is 5.56. The van der Waals surface area contributed by atoms with Gasteiger partial charge in [0.2, 0.25) is 0 Å². The van der Waals surface area contributed by atoms with E-state index in [1.165, 1.54) is 42.1 Å². The van der Waals surface area contributed by atoms with Crippen molar-refractivity contribution in [1.29, 1.82) is 0 Å². The van der Waals surface area contributed by atoms with Gasteiger partial charge in [0.05, 0.1) is 11.0 Å². The second-order valence-corrected chi connectivity index (χ2v) is 15.1. The summed E-state index contributed by atoms with van der Waals surface area (Å²) in [5.74, 6) is 1.90. The van der Waals surface area contributed by atoms with E-state index in [4.69, 9.17) is 15.0 Å². The van der Waals surface area contributed by atoms with Crippen molar-refractivity contribution in [3.05, 3.63) is 194 Å². The van der Waals surface area contributed by atoms with E-state index >= 15 is 0 Å². The molecule has 0 bridgehead atoms. The van der Waals surface area contributed by atoms with Crippen molar-refractivity contribution in [3.63, 3.8) is 0 Å². The van der Waals surface area contributed by atoms with E-state index in [0.717, 1.165) is 44.5 Å². The molecular formula is C51H32N4S. The first-order chi connectivity index (χ1) is 27.7. The number of fused-ring (bicyclic) bond motifs is 6. The summed E-state index contributed by atoms with van der Waals surface area (Å²) in [7, 11) is 0. The Morgan fingerprint density at radius 1 is 0.304 bits per heavy atom. The molecule has 0 unspecified atom stereocenters. The number of aromatic nitrogens is 4. The van der Waals surface area contributed by atoms with Crippen LogP contribution in [-0.2, 0) is 0 Å². The zero-order valence-corrected chi connectivity index (χ0v) is 31.0. The van der Waals surface area contributed by atoms with E-state index in [1.807, 2.05) is 11.3 Å². The molecule has 0 spiro atoms. The van der Waals surface area contributed by atoms with Crippen LogP contribution < -0.4 is 0 Å². The Morgan fingerprint density at radius 3 is 1.55 bits per heavy atom. The van der Waals surface area contributed by atoms with Gasteiger partial charge >= 0.3 is 0 Å². The Bertz CT molecular complexity index is 3250. The number of rotatable bonds is 6. The summed E-state index contributed by atoms with van der Waals surface area (Å²) >= 11 is 1.81. The third-order valence-corrected chi connectivity index (χ3v) is 11.8. The highest BCUT2D eigenvalue weighted by Crippen LogP contribution is 2.38. The molecule has 0 atom stereocenters. The molecule has 0 aliphatic carbocycles. The van der Waals surface area contributed by atoms with Crippen molar-refractivity contribution in [2.75, 3.05) is 0 Å². The topological polar surface area (TPSA) is 43.6 Å². The third-order valence-electron chi connectivity index (χ3n) is 10.6. The lowest BCUT2D eigenvalue weighted by Crippen LogP contribution is -2.00. The van der Waals surface area contributed by atoms with Crippen LogP contribution in [-0.4, -0.2) is 19.5 Å². The summed E-state index contributed by atoms with van der Waals surface area (Å²) in [6, 6.07) is 68.6. The van der Waals surface area contributed by atoms with Crippen molar-refractivity contribution in [3.8, 4) is 62.1 Å². The SMILES string of the molecule is c1ccc(-c2cccc(-c3cccc(-c4nc(-c5ccc6sc7ccccc7c6c5)nc(-c5ccc6c7ccccc7n(-c7ccccc7)c6c5)n4)c3)c2)cc1. The number of hydrogen-bond donors (Lipinski definition) is 0. The molecular weight excluding hydrogens is 701 g/mol. The van der Waals surface area contributed by atoms with E-state index in [2.05, 4.69) is 199 Å². The normalized spacial score (nSPS) is 11.6. The zero-order chi connectivity index (χ0) is 37.0. The highest BCUT2D eigenvalue weighted by molar-refractivity contribution is 7.25. The monoisotopic (exact) mass is 732 g/mol. The molecule has 0 saturated carbocycles. The maximum absolute atomic E-state index is 5.24. The Morgan fingerprint density at radius 2 is 0.804 bits per heavy atom. The molecule has 5 heteroatoms. The maximum Gasteiger partial charge on any atom is 0.164 e. The van der Waals surface area contributed by atoms with Crippen molar-refractivity contribution < 1.29 is 0 Å². The van der Waals surface area contributed by atoms with E-state index in [-0.39, 0.29) is 0 Å². The Labute approximate surface area is 327 Å². The summed E-state index contributed by atoms with van der Waals surface area (Å²) in [5.41, 5.74) is 10.8.